The highest BCUT2D eigenvalue weighted by molar-refractivity contribution is 6.30. The van der Waals surface area contributed by atoms with Crippen LogP contribution in [-0.4, -0.2) is 29.9 Å². The van der Waals surface area contributed by atoms with Crippen LogP contribution >= 0.6 is 11.6 Å². The number of benzene rings is 2. The minimum atomic E-state index is -0.131. The SMILES string of the molecule is Cc1ccccc1CN1CCN(c2ccc(Cl)cc2C)C(=O)C1C. The average molecular weight is 343 g/mol. The molecule has 3 rings (SSSR count). The van der Waals surface area contributed by atoms with Crippen LogP contribution in [0, 0.1) is 13.8 Å². The molecule has 24 heavy (non-hydrogen) atoms. The molecular formula is C20H23ClN2O. The summed E-state index contributed by atoms with van der Waals surface area (Å²) in [6.07, 6.45) is 0. The lowest BCUT2D eigenvalue weighted by Crippen LogP contribution is -2.55. The normalized spacial score (nSPS) is 18.9. The van der Waals surface area contributed by atoms with Crippen LogP contribution in [0.2, 0.25) is 5.02 Å². The third-order valence-electron chi connectivity index (χ3n) is 4.87. The quantitative estimate of drug-likeness (QED) is 0.834. The summed E-state index contributed by atoms with van der Waals surface area (Å²) in [6, 6.07) is 13.9. The molecule has 0 radical (unpaired) electrons. The number of anilines is 1. The van der Waals surface area contributed by atoms with E-state index < -0.39 is 0 Å². The molecule has 126 valence electrons. The van der Waals surface area contributed by atoms with Gasteiger partial charge in [-0.25, -0.2) is 0 Å². The van der Waals surface area contributed by atoms with E-state index in [-0.39, 0.29) is 11.9 Å². The van der Waals surface area contributed by atoms with Gasteiger partial charge in [0, 0.05) is 30.3 Å². The molecule has 3 nitrogen and oxygen atoms in total. The summed E-state index contributed by atoms with van der Waals surface area (Å²) in [4.78, 5) is 17.0. The van der Waals surface area contributed by atoms with Gasteiger partial charge in [0.2, 0.25) is 5.91 Å². The number of nitrogens with zero attached hydrogens (tertiary/aromatic N) is 2. The van der Waals surface area contributed by atoms with E-state index in [0.717, 1.165) is 24.3 Å². The van der Waals surface area contributed by atoms with Crippen LogP contribution < -0.4 is 4.90 Å². The van der Waals surface area contributed by atoms with E-state index in [1.807, 2.05) is 36.9 Å². The Morgan fingerprint density at radius 3 is 2.54 bits per heavy atom. The Bertz CT molecular complexity index is 759. The van der Waals surface area contributed by atoms with E-state index in [1.54, 1.807) is 0 Å². The van der Waals surface area contributed by atoms with Crippen LogP contribution in [0.4, 0.5) is 5.69 Å². The minimum Gasteiger partial charge on any atom is -0.310 e. The van der Waals surface area contributed by atoms with Crippen LogP contribution in [0.5, 0.6) is 0 Å². The van der Waals surface area contributed by atoms with Crippen molar-refractivity contribution in [1.29, 1.82) is 0 Å². The molecule has 1 unspecified atom stereocenters. The fourth-order valence-electron chi connectivity index (χ4n) is 3.30. The maximum Gasteiger partial charge on any atom is 0.244 e. The first-order chi connectivity index (χ1) is 11.5. The van der Waals surface area contributed by atoms with E-state index in [4.69, 9.17) is 11.6 Å². The van der Waals surface area contributed by atoms with Crippen LogP contribution in [0.25, 0.3) is 0 Å². The van der Waals surface area contributed by atoms with Gasteiger partial charge in [0.1, 0.15) is 0 Å². The minimum absolute atomic E-state index is 0.131. The van der Waals surface area contributed by atoms with Gasteiger partial charge in [0.05, 0.1) is 6.04 Å². The number of hydrogen-bond acceptors (Lipinski definition) is 2. The summed E-state index contributed by atoms with van der Waals surface area (Å²) < 4.78 is 0. The molecule has 0 aromatic heterocycles. The topological polar surface area (TPSA) is 23.6 Å². The number of rotatable bonds is 3. The molecule has 4 heteroatoms. The van der Waals surface area contributed by atoms with Crippen molar-refractivity contribution in [3.8, 4) is 0 Å². The number of aryl methyl sites for hydroxylation is 2. The molecular weight excluding hydrogens is 320 g/mol. The van der Waals surface area contributed by atoms with Crippen molar-refractivity contribution in [2.45, 2.75) is 33.4 Å². The molecule has 1 saturated heterocycles. The fraction of sp³-hybridized carbons (Fsp3) is 0.350. The first-order valence-corrected chi connectivity index (χ1v) is 8.71. The largest absolute Gasteiger partial charge is 0.310 e. The van der Waals surface area contributed by atoms with Crippen LogP contribution in [0.15, 0.2) is 42.5 Å². The smallest absolute Gasteiger partial charge is 0.244 e. The Morgan fingerprint density at radius 2 is 1.83 bits per heavy atom. The highest BCUT2D eigenvalue weighted by Crippen LogP contribution is 2.27. The van der Waals surface area contributed by atoms with Gasteiger partial charge in [0.25, 0.3) is 0 Å². The number of halogens is 1. The average Bonchev–Trinajstić information content (AvgIpc) is 2.55. The zero-order chi connectivity index (χ0) is 17.3. The molecule has 1 heterocycles. The molecule has 0 bridgehead atoms. The van der Waals surface area contributed by atoms with Crippen LogP contribution in [0.3, 0.4) is 0 Å². The zero-order valence-electron chi connectivity index (χ0n) is 14.4. The van der Waals surface area contributed by atoms with Crippen LogP contribution in [0.1, 0.15) is 23.6 Å². The van der Waals surface area contributed by atoms with E-state index in [2.05, 4.69) is 36.1 Å². The summed E-state index contributed by atoms with van der Waals surface area (Å²) in [7, 11) is 0. The van der Waals surface area contributed by atoms with Gasteiger partial charge in [-0.1, -0.05) is 35.9 Å². The lowest BCUT2D eigenvalue weighted by molar-refractivity contribution is -0.125. The van der Waals surface area contributed by atoms with Gasteiger partial charge >= 0.3 is 0 Å². The van der Waals surface area contributed by atoms with E-state index in [1.165, 1.54) is 11.1 Å². The van der Waals surface area contributed by atoms with E-state index >= 15 is 0 Å². The number of carbonyl (C=O) groups excluding carboxylic acids is 1. The lowest BCUT2D eigenvalue weighted by Gasteiger charge is -2.39. The third-order valence-corrected chi connectivity index (χ3v) is 5.10. The van der Waals surface area contributed by atoms with Gasteiger partial charge in [-0.3, -0.25) is 9.69 Å². The Labute approximate surface area is 148 Å². The summed E-state index contributed by atoms with van der Waals surface area (Å²) in [5.41, 5.74) is 4.56. The molecule has 1 amide bonds. The first kappa shape index (κ1) is 17.0. The van der Waals surface area contributed by atoms with Crippen molar-refractivity contribution < 1.29 is 4.79 Å². The lowest BCUT2D eigenvalue weighted by atomic mass is 10.1. The van der Waals surface area contributed by atoms with Crippen molar-refractivity contribution in [1.82, 2.24) is 4.90 Å². The van der Waals surface area contributed by atoms with Gasteiger partial charge in [-0.2, -0.15) is 0 Å². The van der Waals surface area contributed by atoms with Gasteiger partial charge < -0.3 is 4.90 Å². The molecule has 2 aromatic rings. The van der Waals surface area contributed by atoms with Gasteiger partial charge in [0.15, 0.2) is 0 Å². The first-order valence-electron chi connectivity index (χ1n) is 8.33. The summed E-state index contributed by atoms with van der Waals surface area (Å²) in [6.45, 7) is 8.50. The Morgan fingerprint density at radius 1 is 1.08 bits per heavy atom. The maximum atomic E-state index is 12.9. The summed E-state index contributed by atoms with van der Waals surface area (Å²) in [5, 5.41) is 0.704. The van der Waals surface area contributed by atoms with Crippen molar-refractivity contribution in [3.05, 3.63) is 64.2 Å². The van der Waals surface area contributed by atoms with Gasteiger partial charge in [-0.15, -0.1) is 0 Å². The van der Waals surface area contributed by atoms with Crippen LogP contribution in [-0.2, 0) is 11.3 Å². The molecule has 0 aliphatic carbocycles. The highest BCUT2D eigenvalue weighted by atomic mass is 35.5. The second-order valence-electron chi connectivity index (χ2n) is 6.49. The Hall–Kier alpha value is -1.84. The monoisotopic (exact) mass is 342 g/mol. The molecule has 1 aliphatic rings. The highest BCUT2D eigenvalue weighted by Gasteiger charge is 2.32. The predicted octanol–water partition coefficient (Wildman–Crippen LogP) is 4.19. The Kier molecular flexibility index (Phi) is 4.93. The van der Waals surface area contributed by atoms with Crippen molar-refractivity contribution in [3.63, 3.8) is 0 Å². The second kappa shape index (κ2) is 6.96. The van der Waals surface area contributed by atoms with Crippen molar-refractivity contribution >= 4 is 23.2 Å². The maximum absolute atomic E-state index is 12.9. The van der Waals surface area contributed by atoms with E-state index in [9.17, 15) is 4.79 Å². The fourth-order valence-corrected chi connectivity index (χ4v) is 3.52. The third kappa shape index (κ3) is 3.33. The molecule has 1 aliphatic heterocycles. The summed E-state index contributed by atoms with van der Waals surface area (Å²) in [5.74, 6) is 0.153. The predicted molar refractivity (Wildman–Crippen MR) is 99.6 cm³/mol. The number of piperazine rings is 1. The van der Waals surface area contributed by atoms with Crippen molar-refractivity contribution in [2.24, 2.45) is 0 Å². The standard InChI is InChI=1S/C20H23ClN2O/c1-14-6-4-5-7-17(14)13-22-10-11-23(20(24)16(22)3)19-9-8-18(21)12-15(19)2/h4-9,12,16H,10-11,13H2,1-3H3. The number of hydrogen-bond donors (Lipinski definition) is 0. The summed E-state index contributed by atoms with van der Waals surface area (Å²) >= 11 is 6.04. The molecule has 0 spiro atoms. The number of amides is 1. The Balaban J connectivity index is 1.77. The molecule has 0 saturated carbocycles. The molecule has 1 atom stereocenters. The van der Waals surface area contributed by atoms with E-state index in [0.29, 0.717) is 11.6 Å². The van der Waals surface area contributed by atoms with Crippen molar-refractivity contribution in [2.75, 3.05) is 18.0 Å². The molecule has 1 fully saturated rings. The second-order valence-corrected chi connectivity index (χ2v) is 6.93. The molecule has 2 aromatic carbocycles. The zero-order valence-corrected chi connectivity index (χ0v) is 15.2. The van der Waals surface area contributed by atoms with Gasteiger partial charge in [-0.05, 0) is 55.7 Å². The number of carbonyl (C=O) groups is 1. The molecule has 0 N–H and O–H groups in total.